The van der Waals surface area contributed by atoms with E-state index in [0.29, 0.717) is 16.1 Å². The van der Waals surface area contributed by atoms with E-state index in [2.05, 4.69) is 20.0 Å². The quantitative estimate of drug-likeness (QED) is 0.508. The third-order valence-corrected chi connectivity index (χ3v) is 3.44. The molecule has 23 heavy (non-hydrogen) atoms. The lowest BCUT2D eigenvalue weighted by Gasteiger charge is -2.08. The van der Waals surface area contributed by atoms with Gasteiger partial charge in [0, 0.05) is 0 Å². The van der Waals surface area contributed by atoms with Crippen LogP contribution < -0.4 is 10.2 Å². The van der Waals surface area contributed by atoms with Crippen LogP contribution >= 0.6 is 11.3 Å². The van der Waals surface area contributed by atoms with Gasteiger partial charge in [0.1, 0.15) is 10.6 Å². The predicted molar refractivity (Wildman–Crippen MR) is 80.0 cm³/mol. The molecular formula is C14H11F3N2O3S. The van der Waals surface area contributed by atoms with Gasteiger partial charge in [-0.2, -0.15) is 5.10 Å². The highest BCUT2D eigenvalue weighted by atomic mass is 32.1. The number of halogens is 3. The van der Waals surface area contributed by atoms with Crippen LogP contribution in [0.3, 0.4) is 0 Å². The molecule has 1 heterocycles. The molecule has 0 atom stereocenters. The van der Waals surface area contributed by atoms with E-state index in [-0.39, 0.29) is 5.75 Å². The van der Waals surface area contributed by atoms with Gasteiger partial charge in [0.05, 0.1) is 19.0 Å². The molecule has 1 N–H and O–H groups in total. The second kappa shape index (κ2) is 7.14. The van der Waals surface area contributed by atoms with Crippen LogP contribution in [-0.2, 0) is 4.74 Å². The molecule has 0 aliphatic rings. The number of hydrazone groups is 1. The number of nitrogens with zero attached hydrogens (tertiary/aromatic N) is 1. The minimum atomic E-state index is -4.72. The summed E-state index contributed by atoms with van der Waals surface area (Å²) < 4.78 is 44.5. The van der Waals surface area contributed by atoms with Crippen molar-refractivity contribution in [3.63, 3.8) is 0 Å². The predicted octanol–water partition coefficient (Wildman–Crippen LogP) is 3.88. The largest absolute Gasteiger partial charge is 0.573 e. The molecule has 0 bridgehead atoms. The zero-order chi connectivity index (χ0) is 16.9. The summed E-state index contributed by atoms with van der Waals surface area (Å²) in [6.07, 6.45) is -3.32. The van der Waals surface area contributed by atoms with Gasteiger partial charge in [-0.1, -0.05) is 0 Å². The molecule has 5 nitrogen and oxygen atoms in total. The number of ether oxygens (including phenoxy) is 2. The highest BCUT2D eigenvalue weighted by Crippen LogP contribution is 2.24. The number of carbonyl (C=O) groups excluding carboxylic acids is 1. The second-order valence-electron chi connectivity index (χ2n) is 4.14. The Morgan fingerprint density at radius 1 is 1.26 bits per heavy atom. The van der Waals surface area contributed by atoms with E-state index < -0.39 is 12.3 Å². The summed E-state index contributed by atoms with van der Waals surface area (Å²) in [7, 11) is 1.28. The van der Waals surface area contributed by atoms with Crippen LogP contribution in [0.5, 0.6) is 5.75 Å². The third-order valence-electron chi connectivity index (χ3n) is 2.55. The SMILES string of the molecule is COC(=O)c1sccc1N/N=C\c1ccc(OC(F)(F)F)cc1. The number of carbonyl (C=O) groups is 1. The Balaban J connectivity index is 1.99. The number of rotatable bonds is 5. The number of methoxy groups -OCH3 is 1. The summed E-state index contributed by atoms with van der Waals surface area (Å²) in [5.74, 6) is -0.792. The van der Waals surface area contributed by atoms with Crippen molar-refractivity contribution in [3.05, 3.63) is 46.2 Å². The number of nitrogens with one attached hydrogen (secondary N) is 1. The Morgan fingerprint density at radius 2 is 1.96 bits per heavy atom. The summed E-state index contributed by atoms with van der Waals surface area (Å²) in [4.78, 5) is 11.8. The van der Waals surface area contributed by atoms with Crippen LogP contribution in [0.25, 0.3) is 0 Å². The molecule has 0 unspecified atom stereocenters. The first-order valence-corrected chi connectivity index (χ1v) is 7.08. The molecule has 2 rings (SSSR count). The lowest BCUT2D eigenvalue weighted by molar-refractivity contribution is -0.274. The summed E-state index contributed by atoms with van der Waals surface area (Å²) in [5, 5.41) is 5.63. The van der Waals surface area contributed by atoms with Crippen molar-refractivity contribution >= 4 is 29.2 Å². The van der Waals surface area contributed by atoms with Gasteiger partial charge in [-0.05, 0) is 41.3 Å². The fourth-order valence-electron chi connectivity index (χ4n) is 1.58. The Labute approximate surface area is 133 Å². The van der Waals surface area contributed by atoms with Crippen LogP contribution in [0.1, 0.15) is 15.2 Å². The van der Waals surface area contributed by atoms with Gasteiger partial charge in [-0.15, -0.1) is 24.5 Å². The molecule has 0 spiro atoms. The molecule has 1 aromatic carbocycles. The molecule has 0 aliphatic heterocycles. The molecule has 0 saturated heterocycles. The van der Waals surface area contributed by atoms with E-state index in [0.717, 1.165) is 0 Å². The van der Waals surface area contributed by atoms with E-state index in [4.69, 9.17) is 0 Å². The lowest BCUT2D eigenvalue weighted by Crippen LogP contribution is -2.17. The summed E-state index contributed by atoms with van der Waals surface area (Å²) in [6, 6.07) is 6.86. The van der Waals surface area contributed by atoms with Crippen molar-refractivity contribution in [2.24, 2.45) is 5.10 Å². The van der Waals surface area contributed by atoms with Crippen molar-refractivity contribution in [1.82, 2.24) is 0 Å². The molecule has 1 aromatic heterocycles. The molecular weight excluding hydrogens is 333 g/mol. The average molecular weight is 344 g/mol. The number of esters is 1. The van der Waals surface area contributed by atoms with Crippen molar-refractivity contribution in [3.8, 4) is 5.75 Å². The Morgan fingerprint density at radius 3 is 2.57 bits per heavy atom. The van der Waals surface area contributed by atoms with Gasteiger partial charge < -0.3 is 9.47 Å². The van der Waals surface area contributed by atoms with Crippen LogP contribution in [0.15, 0.2) is 40.8 Å². The Kier molecular flexibility index (Phi) is 5.22. The maximum atomic E-state index is 12.0. The third kappa shape index (κ3) is 4.99. The first-order chi connectivity index (χ1) is 10.9. The number of thiophene rings is 1. The fraction of sp³-hybridized carbons (Fsp3) is 0.143. The van der Waals surface area contributed by atoms with Crippen LogP contribution in [0.2, 0.25) is 0 Å². The zero-order valence-corrected chi connectivity index (χ0v) is 12.6. The standard InChI is InChI=1S/C14H11F3N2O3S/c1-21-13(20)12-11(6-7-23-12)19-18-8-9-2-4-10(5-3-9)22-14(15,16)17/h2-8,19H,1H3/b18-8-. The van der Waals surface area contributed by atoms with Crippen molar-refractivity contribution in [2.75, 3.05) is 12.5 Å². The highest BCUT2D eigenvalue weighted by Gasteiger charge is 2.30. The van der Waals surface area contributed by atoms with Crippen LogP contribution in [-0.4, -0.2) is 25.7 Å². The summed E-state index contributed by atoms with van der Waals surface area (Å²) >= 11 is 1.20. The first kappa shape index (κ1) is 16.8. The van der Waals surface area contributed by atoms with E-state index in [1.807, 2.05) is 0 Å². The van der Waals surface area contributed by atoms with E-state index in [1.54, 1.807) is 11.4 Å². The van der Waals surface area contributed by atoms with Crippen molar-refractivity contribution in [2.45, 2.75) is 6.36 Å². The molecule has 9 heteroatoms. The van der Waals surface area contributed by atoms with E-state index >= 15 is 0 Å². The van der Waals surface area contributed by atoms with Gasteiger partial charge >= 0.3 is 12.3 Å². The minimum absolute atomic E-state index is 0.312. The average Bonchev–Trinajstić information content (AvgIpc) is 2.95. The van der Waals surface area contributed by atoms with Gasteiger partial charge in [0.15, 0.2) is 0 Å². The molecule has 0 fully saturated rings. The number of hydrogen-bond donors (Lipinski definition) is 1. The minimum Gasteiger partial charge on any atom is -0.465 e. The van der Waals surface area contributed by atoms with Gasteiger partial charge in [-0.3, -0.25) is 5.43 Å². The molecule has 0 aliphatic carbocycles. The Hall–Kier alpha value is -2.55. The smallest absolute Gasteiger partial charge is 0.465 e. The maximum Gasteiger partial charge on any atom is 0.573 e. The Bertz CT molecular complexity index is 696. The van der Waals surface area contributed by atoms with Crippen LogP contribution in [0.4, 0.5) is 18.9 Å². The van der Waals surface area contributed by atoms with E-state index in [1.165, 1.54) is 48.9 Å². The lowest BCUT2D eigenvalue weighted by atomic mass is 10.2. The summed E-state index contributed by atoms with van der Waals surface area (Å²) in [5.41, 5.74) is 3.72. The van der Waals surface area contributed by atoms with E-state index in [9.17, 15) is 18.0 Å². The number of anilines is 1. The molecule has 0 amide bonds. The zero-order valence-electron chi connectivity index (χ0n) is 11.8. The monoisotopic (exact) mass is 344 g/mol. The van der Waals surface area contributed by atoms with Crippen molar-refractivity contribution < 1.29 is 27.4 Å². The molecule has 0 radical (unpaired) electrons. The molecule has 2 aromatic rings. The van der Waals surface area contributed by atoms with Gasteiger partial charge in [0.25, 0.3) is 0 Å². The van der Waals surface area contributed by atoms with Gasteiger partial charge in [0.2, 0.25) is 0 Å². The van der Waals surface area contributed by atoms with Gasteiger partial charge in [-0.25, -0.2) is 4.79 Å². The highest BCUT2D eigenvalue weighted by molar-refractivity contribution is 7.12. The maximum absolute atomic E-state index is 12.0. The molecule has 122 valence electrons. The number of benzene rings is 1. The topological polar surface area (TPSA) is 59.9 Å². The molecule has 0 saturated carbocycles. The van der Waals surface area contributed by atoms with Crippen molar-refractivity contribution in [1.29, 1.82) is 0 Å². The fourth-order valence-corrected chi connectivity index (χ4v) is 2.34. The first-order valence-electron chi connectivity index (χ1n) is 6.20. The number of hydrogen-bond acceptors (Lipinski definition) is 6. The number of alkyl halides is 3. The second-order valence-corrected chi connectivity index (χ2v) is 5.06. The normalized spacial score (nSPS) is 11.5. The summed E-state index contributed by atoms with van der Waals surface area (Å²) in [6.45, 7) is 0. The van der Waals surface area contributed by atoms with Crippen LogP contribution in [0, 0.1) is 0 Å².